The highest BCUT2D eigenvalue weighted by Gasteiger charge is 2.33. The number of rotatable bonds is 3. The van der Waals surface area contributed by atoms with E-state index in [4.69, 9.17) is 0 Å². The Hall–Kier alpha value is -0.800. The summed E-state index contributed by atoms with van der Waals surface area (Å²) in [4.78, 5) is 0.260. The first-order chi connectivity index (χ1) is 9.13. The van der Waals surface area contributed by atoms with Gasteiger partial charge in [-0.15, -0.1) is 12.4 Å². The van der Waals surface area contributed by atoms with Crippen LogP contribution in [0.4, 0.5) is 0 Å². The highest BCUT2D eigenvalue weighted by atomic mass is 35.5. The smallest absolute Gasteiger partial charge is 0.245 e. The van der Waals surface area contributed by atoms with E-state index in [1.807, 2.05) is 7.05 Å². The number of sulfonamides is 1. The molecule has 1 N–H and O–H groups in total. The van der Waals surface area contributed by atoms with Crippen LogP contribution in [0.2, 0.25) is 0 Å². The number of aromatic nitrogens is 2. The summed E-state index contributed by atoms with van der Waals surface area (Å²) in [6.45, 7) is 1.05. The third kappa shape index (κ3) is 2.53. The maximum atomic E-state index is 12.6. The maximum absolute atomic E-state index is 12.6. The molecular weight excluding hydrogens is 320 g/mol. The van der Waals surface area contributed by atoms with E-state index in [1.165, 1.54) is 4.31 Å². The van der Waals surface area contributed by atoms with Crippen LogP contribution in [0.15, 0.2) is 23.1 Å². The largest absolute Gasteiger partial charge is 0.316 e. The van der Waals surface area contributed by atoms with Crippen molar-refractivity contribution in [3.63, 3.8) is 0 Å². The SMILES string of the molecule is CNC1CCN(S(=O)(=O)c2cccc3nsnc23)C1.Cl. The Morgan fingerprint density at radius 1 is 1.40 bits per heavy atom. The summed E-state index contributed by atoms with van der Waals surface area (Å²) in [5.41, 5.74) is 1.11. The Balaban J connectivity index is 0.00000147. The van der Waals surface area contributed by atoms with Crippen LogP contribution in [0.25, 0.3) is 11.0 Å². The second kappa shape index (κ2) is 5.90. The van der Waals surface area contributed by atoms with Gasteiger partial charge in [-0.05, 0) is 25.6 Å². The van der Waals surface area contributed by atoms with Crippen molar-refractivity contribution < 1.29 is 8.42 Å². The summed E-state index contributed by atoms with van der Waals surface area (Å²) in [6.07, 6.45) is 0.834. The summed E-state index contributed by atoms with van der Waals surface area (Å²) in [6, 6.07) is 5.31. The molecule has 1 aliphatic heterocycles. The van der Waals surface area contributed by atoms with Gasteiger partial charge in [0.2, 0.25) is 10.0 Å². The first kappa shape index (κ1) is 15.6. The monoisotopic (exact) mass is 334 g/mol. The Bertz CT molecular complexity index is 703. The van der Waals surface area contributed by atoms with Gasteiger partial charge in [0, 0.05) is 19.1 Å². The van der Waals surface area contributed by atoms with Gasteiger partial charge in [0.25, 0.3) is 0 Å². The molecule has 1 saturated heterocycles. The van der Waals surface area contributed by atoms with Crippen LogP contribution in [0.5, 0.6) is 0 Å². The molecule has 0 bridgehead atoms. The van der Waals surface area contributed by atoms with Gasteiger partial charge in [0.05, 0.1) is 11.7 Å². The average Bonchev–Trinajstić information content (AvgIpc) is 3.06. The van der Waals surface area contributed by atoms with E-state index in [2.05, 4.69) is 14.1 Å². The molecular formula is C11H15ClN4O2S2. The zero-order chi connectivity index (χ0) is 13.5. The molecule has 3 rings (SSSR count). The van der Waals surface area contributed by atoms with Crippen LogP contribution in [0, 0.1) is 0 Å². The Kier molecular flexibility index (Phi) is 4.60. The molecule has 0 spiro atoms. The molecule has 2 heterocycles. The summed E-state index contributed by atoms with van der Waals surface area (Å²) in [7, 11) is -1.63. The Morgan fingerprint density at radius 2 is 2.20 bits per heavy atom. The fourth-order valence-corrected chi connectivity index (χ4v) is 4.56. The predicted molar refractivity (Wildman–Crippen MR) is 80.9 cm³/mol. The van der Waals surface area contributed by atoms with Crippen molar-refractivity contribution in [2.45, 2.75) is 17.4 Å². The lowest BCUT2D eigenvalue weighted by atomic mass is 10.3. The van der Waals surface area contributed by atoms with Crippen LogP contribution in [-0.4, -0.2) is 47.6 Å². The minimum absolute atomic E-state index is 0. The van der Waals surface area contributed by atoms with Crippen molar-refractivity contribution in [1.29, 1.82) is 0 Å². The first-order valence-corrected chi connectivity index (χ1v) is 8.18. The molecule has 1 aromatic carbocycles. The molecule has 0 saturated carbocycles. The van der Waals surface area contributed by atoms with Gasteiger partial charge in [-0.1, -0.05) is 6.07 Å². The molecule has 2 aromatic rings. The third-order valence-electron chi connectivity index (χ3n) is 3.43. The molecule has 6 nitrogen and oxygen atoms in total. The van der Waals surface area contributed by atoms with Crippen molar-refractivity contribution in [2.24, 2.45) is 0 Å². The minimum atomic E-state index is -3.48. The van der Waals surface area contributed by atoms with Crippen LogP contribution >= 0.6 is 24.1 Å². The zero-order valence-electron chi connectivity index (χ0n) is 10.8. The van der Waals surface area contributed by atoms with Gasteiger partial charge in [-0.3, -0.25) is 0 Å². The molecule has 9 heteroatoms. The van der Waals surface area contributed by atoms with E-state index in [1.54, 1.807) is 18.2 Å². The first-order valence-electron chi connectivity index (χ1n) is 6.01. The number of benzene rings is 1. The molecule has 1 aliphatic rings. The van der Waals surface area contributed by atoms with Gasteiger partial charge >= 0.3 is 0 Å². The summed E-state index contributed by atoms with van der Waals surface area (Å²) < 4.78 is 35.0. The summed E-state index contributed by atoms with van der Waals surface area (Å²) >= 11 is 1.04. The van der Waals surface area contributed by atoms with E-state index >= 15 is 0 Å². The van der Waals surface area contributed by atoms with E-state index in [-0.39, 0.29) is 23.3 Å². The highest BCUT2D eigenvalue weighted by Crippen LogP contribution is 2.26. The van der Waals surface area contributed by atoms with Gasteiger partial charge in [0.1, 0.15) is 15.9 Å². The number of hydrogen-bond donors (Lipinski definition) is 1. The fraction of sp³-hybridized carbons (Fsp3) is 0.455. The van der Waals surface area contributed by atoms with Crippen LogP contribution in [0.1, 0.15) is 6.42 Å². The normalized spacial score (nSPS) is 20.1. The van der Waals surface area contributed by atoms with Gasteiger partial charge in [0.15, 0.2) is 0 Å². The van der Waals surface area contributed by atoms with Crippen molar-refractivity contribution in [1.82, 2.24) is 18.4 Å². The fourth-order valence-electron chi connectivity index (χ4n) is 2.31. The number of halogens is 1. The number of hydrogen-bond acceptors (Lipinski definition) is 6. The van der Waals surface area contributed by atoms with Crippen molar-refractivity contribution in [3.05, 3.63) is 18.2 Å². The van der Waals surface area contributed by atoms with Crippen molar-refractivity contribution in [2.75, 3.05) is 20.1 Å². The average molecular weight is 335 g/mol. The molecule has 0 aliphatic carbocycles. The van der Waals surface area contributed by atoms with E-state index in [0.717, 1.165) is 18.1 Å². The zero-order valence-corrected chi connectivity index (χ0v) is 13.3. The lowest BCUT2D eigenvalue weighted by Gasteiger charge is -2.16. The second-order valence-corrected chi connectivity index (χ2v) is 6.96. The van der Waals surface area contributed by atoms with E-state index < -0.39 is 10.0 Å². The quantitative estimate of drug-likeness (QED) is 0.909. The Morgan fingerprint density at radius 3 is 2.90 bits per heavy atom. The molecule has 110 valence electrons. The van der Waals surface area contributed by atoms with Crippen molar-refractivity contribution in [3.8, 4) is 0 Å². The Labute approximate surface area is 128 Å². The second-order valence-electron chi connectivity index (χ2n) is 4.53. The number of nitrogens with zero attached hydrogens (tertiary/aromatic N) is 3. The van der Waals surface area contributed by atoms with Crippen LogP contribution in [0.3, 0.4) is 0 Å². The predicted octanol–water partition coefficient (Wildman–Crippen LogP) is 1.10. The van der Waals surface area contributed by atoms with Crippen LogP contribution in [-0.2, 0) is 10.0 Å². The number of likely N-dealkylation sites (N-methyl/N-ethyl adjacent to an activating group) is 1. The molecule has 1 aromatic heterocycles. The highest BCUT2D eigenvalue weighted by molar-refractivity contribution is 7.89. The molecule has 0 amide bonds. The molecule has 0 radical (unpaired) electrons. The molecule has 1 fully saturated rings. The topological polar surface area (TPSA) is 75.2 Å². The van der Waals surface area contributed by atoms with E-state index in [9.17, 15) is 8.42 Å². The lowest BCUT2D eigenvalue weighted by Crippen LogP contribution is -2.33. The van der Waals surface area contributed by atoms with Gasteiger partial charge in [-0.25, -0.2) is 8.42 Å². The minimum Gasteiger partial charge on any atom is -0.316 e. The van der Waals surface area contributed by atoms with Crippen molar-refractivity contribution >= 4 is 45.2 Å². The van der Waals surface area contributed by atoms with Gasteiger partial charge < -0.3 is 5.32 Å². The standard InChI is InChI=1S/C11H14N4O2S2.ClH/c1-12-8-5-6-15(7-8)19(16,17)10-4-2-3-9-11(10)14-18-13-9;/h2-4,8,12H,5-7H2,1H3;1H. The third-order valence-corrected chi connectivity index (χ3v) is 5.87. The van der Waals surface area contributed by atoms with E-state index in [0.29, 0.717) is 24.1 Å². The summed E-state index contributed by atoms with van der Waals surface area (Å²) in [5, 5.41) is 3.12. The lowest BCUT2D eigenvalue weighted by molar-refractivity contribution is 0.465. The molecule has 1 atom stereocenters. The molecule has 1 unspecified atom stereocenters. The van der Waals surface area contributed by atoms with Crippen LogP contribution < -0.4 is 5.32 Å². The van der Waals surface area contributed by atoms with Gasteiger partial charge in [-0.2, -0.15) is 13.1 Å². The summed E-state index contributed by atoms with van der Waals surface area (Å²) in [5.74, 6) is 0. The maximum Gasteiger partial charge on any atom is 0.245 e. The number of nitrogens with one attached hydrogen (secondary N) is 1. The molecule has 20 heavy (non-hydrogen) atoms. The number of fused-ring (bicyclic) bond motifs is 1.